The number of halogens is 3. The summed E-state index contributed by atoms with van der Waals surface area (Å²) in [7, 11) is 0. The van der Waals surface area contributed by atoms with Crippen LogP contribution in [-0.4, -0.2) is 18.6 Å². The smallest absolute Gasteiger partial charge is 0.416 e. The zero-order chi connectivity index (χ0) is 19.1. The summed E-state index contributed by atoms with van der Waals surface area (Å²) >= 11 is 0. The number of nitrogens with zero attached hydrogens (tertiary/aromatic N) is 1. The van der Waals surface area contributed by atoms with E-state index in [1.165, 1.54) is 12.1 Å². The fourth-order valence-electron chi connectivity index (χ4n) is 3.05. The van der Waals surface area contributed by atoms with Crippen LogP contribution < -0.4 is 9.64 Å². The van der Waals surface area contributed by atoms with Gasteiger partial charge in [0.2, 0.25) is 0 Å². The number of hydrogen-bond acceptors (Lipinski definition) is 2. The third kappa shape index (κ3) is 3.41. The number of benzene rings is 2. The van der Waals surface area contributed by atoms with E-state index >= 15 is 0 Å². The van der Waals surface area contributed by atoms with Crippen molar-refractivity contribution in [1.29, 1.82) is 0 Å². The largest absolute Gasteiger partial charge is 0.489 e. The first kappa shape index (κ1) is 18.3. The van der Waals surface area contributed by atoms with Crippen molar-refractivity contribution in [1.82, 2.24) is 0 Å². The Morgan fingerprint density at radius 3 is 2.42 bits per heavy atom. The Labute approximate surface area is 150 Å². The highest BCUT2D eigenvalue weighted by atomic mass is 19.4. The number of fused-ring (bicyclic) bond motifs is 1. The minimum absolute atomic E-state index is 0.00535. The van der Waals surface area contributed by atoms with Crippen LogP contribution in [-0.2, 0) is 6.18 Å². The van der Waals surface area contributed by atoms with Crippen LogP contribution in [0.5, 0.6) is 5.75 Å². The van der Waals surface area contributed by atoms with Crippen LogP contribution >= 0.6 is 0 Å². The quantitative estimate of drug-likeness (QED) is 0.700. The predicted molar refractivity (Wildman–Crippen MR) is 93.4 cm³/mol. The number of ether oxygens (including phenoxy) is 1. The Bertz CT molecular complexity index is 824. The molecule has 0 aliphatic carbocycles. The minimum Gasteiger partial charge on any atom is -0.489 e. The van der Waals surface area contributed by atoms with Crippen molar-refractivity contribution in [3.05, 3.63) is 59.7 Å². The third-order valence-corrected chi connectivity index (χ3v) is 4.49. The molecule has 1 aliphatic rings. The van der Waals surface area contributed by atoms with E-state index in [1.54, 1.807) is 29.2 Å². The average molecular weight is 363 g/mol. The molecule has 0 radical (unpaired) electrons. The number of alkyl halides is 3. The number of hydrogen-bond donors (Lipinski definition) is 0. The molecule has 1 atom stereocenters. The molecule has 0 bridgehead atoms. The SMILES string of the molecule is CC(C)(C)C1COc2ccccc2N1C(=O)c1cccc(C(F)(F)F)c1. The third-order valence-electron chi connectivity index (χ3n) is 4.49. The molecule has 0 aromatic heterocycles. The molecule has 2 aromatic carbocycles. The number of carbonyl (C=O) groups excluding carboxylic acids is 1. The first-order valence-electron chi connectivity index (χ1n) is 8.31. The van der Waals surface area contributed by atoms with Crippen molar-refractivity contribution < 1.29 is 22.7 Å². The lowest BCUT2D eigenvalue weighted by molar-refractivity contribution is -0.137. The number of para-hydroxylation sites is 2. The van der Waals surface area contributed by atoms with E-state index in [9.17, 15) is 18.0 Å². The molecule has 3 rings (SSSR count). The number of rotatable bonds is 1. The van der Waals surface area contributed by atoms with Crippen molar-refractivity contribution in [2.75, 3.05) is 11.5 Å². The second kappa shape index (κ2) is 6.34. The molecular formula is C20H20F3NO2. The summed E-state index contributed by atoms with van der Waals surface area (Å²) in [5.74, 6) is 0.0834. The molecule has 138 valence electrons. The van der Waals surface area contributed by atoms with Crippen molar-refractivity contribution in [3.63, 3.8) is 0 Å². The summed E-state index contributed by atoms with van der Waals surface area (Å²) in [6.07, 6.45) is -4.50. The summed E-state index contributed by atoms with van der Waals surface area (Å²) in [6, 6.07) is 11.3. The van der Waals surface area contributed by atoms with Crippen molar-refractivity contribution in [3.8, 4) is 5.75 Å². The van der Waals surface area contributed by atoms with Gasteiger partial charge >= 0.3 is 6.18 Å². The van der Waals surface area contributed by atoms with Gasteiger partial charge in [0.05, 0.1) is 17.3 Å². The second-order valence-corrected chi connectivity index (χ2v) is 7.41. The van der Waals surface area contributed by atoms with E-state index in [4.69, 9.17) is 4.74 Å². The highest BCUT2D eigenvalue weighted by Crippen LogP contribution is 2.40. The van der Waals surface area contributed by atoms with Crippen molar-refractivity contribution >= 4 is 11.6 Å². The summed E-state index contributed by atoms with van der Waals surface area (Å²) in [6.45, 7) is 6.20. The van der Waals surface area contributed by atoms with Gasteiger partial charge in [0, 0.05) is 5.56 Å². The van der Waals surface area contributed by atoms with Gasteiger partial charge in [-0.3, -0.25) is 9.69 Å². The van der Waals surface area contributed by atoms with Gasteiger partial charge in [0.1, 0.15) is 12.4 Å². The van der Waals surface area contributed by atoms with Crippen LogP contribution in [0.3, 0.4) is 0 Å². The zero-order valence-corrected chi connectivity index (χ0v) is 14.8. The molecule has 3 nitrogen and oxygen atoms in total. The molecule has 1 heterocycles. The first-order valence-corrected chi connectivity index (χ1v) is 8.31. The predicted octanol–water partition coefficient (Wildman–Crippen LogP) is 5.16. The summed E-state index contributed by atoms with van der Waals surface area (Å²) in [5, 5.41) is 0. The molecule has 0 fully saturated rings. The molecular weight excluding hydrogens is 343 g/mol. The topological polar surface area (TPSA) is 29.5 Å². The number of carbonyl (C=O) groups is 1. The monoisotopic (exact) mass is 363 g/mol. The van der Waals surface area contributed by atoms with E-state index < -0.39 is 17.6 Å². The van der Waals surface area contributed by atoms with E-state index in [1.807, 2.05) is 20.8 Å². The maximum Gasteiger partial charge on any atom is 0.416 e. The van der Waals surface area contributed by atoms with Crippen LogP contribution in [0.15, 0.2) is 48.5 Å². The van der Waals surface area contributed by atoms with Gasteiger partial charge in [-0.15, -0.1) is 0 Å². The molecule has 0 N–H and O–H groups in total. The summed E-state index contributed by atoms with van der Waals surface area (Å²) in [4.78, 5) is 14.8. The molecule has 1 amide bonds. The van der Waals surface area contributed by atoms with E-state index in [0.29, 0.717) is 11.4 Å². The first-order chi connectivity index (χ1) is 12.1. The molecule has 0 saturated carbocycles. The maximum atomic E-state index is 13.2. The maximum absolute atomic E-state index is 13.2. The van der Waals surface area contributed by atoms with Gasteiger partial charge in [-0.2, -0.15) is 13.2 Å². The lowest BCUT2D eigenvalue weighted by atomic mass is 9.84. The summed E-state index contributed by atoms with van der Waals surface area (Å²) < 4.78 is 44.9. The Kier molecular flexibility index (Phi) is 4.46. The highest BCUT2D eigenvalue weighted by Gasteiger charge is 2.40. The Balaban J connectivity index is 2.08. The van der Waals surface area contributed by atoms with Crippen LogP contribution in [0.4, 0.5) is 18.9 Å². The average Bonchev–Trinajstić information content (AvgIpc) is 2.58. The van der Waals surface area contributed by atoms with Crippen LogP contribution in [0.2, 0.25) is 0 Å². The Morgan fingerprint density at radius 2 is 1.77 bits per heavy atom. The van der Waals surface area contributed by atoms with Crippen molar-refractivity contribution in [2.45, 2.75) is 33.0 Å². The van der Waals surface area contributed by atoms with Gasteiger partial charge in [-0.25, -0.2) is 0 Å². The van der Waals surface area contributed by atoms with E-state index in [2.05, 4.69) is 0 Å². The second-order valence-electron chi connectivity index (χ2n) is 7.41. The molecule has 0 saturated heterocycles. The van der Waals surface area contributed by atoms with E-state index in [0.717, 1.165) is 12.1 Å². The molecule has 1 aliphatic heterocycles. The van der Waals surface area contributed by atoms with Crippen molar-refractivity contribution in [2.24, 2.45) is 5.41 Å². The van der Waals surface area contributed by atoms with Gasteiger partial charge in [-0.05, 0) is 35.7 Å². The van der Waals surface area contributed by atoms with Crippen LogP contribution in [0.1, 0.15) is 36.7 Å². The molecule has 0 spiro atoms. The Morgan fingerprint density at radius 1 is 1.08 bits per heavy atom. The number of amides is 1. The van der Waals surface area contributed by atoms with Gasteiger partial charge in [0.15, 0.2) is 0 Å². The van der Waals surface area contributed by atoms with Crippen LogP contribution in [0, 0.1) is 5.41 Å². The number of anilines is 1. The summed E-state index contributed by atoms with van der Waals surface area (Å²) in [5.41, 5.74) is -0.575. The zero-order valence-electron chi connectivity index (χ0n) is 14.8. The van der Waals surface area contributed by atoms with E-state index in [-0.39, 0.29) is 23.6 Å². The normalized spacial score (nSPS) is 17.5. The molecule has 1 unspecified atom stereocenters. The molecule has 26 heavy (non-hydrogen) atoms. The van der Waals surface area contributed by atoms with Crippen LogP contribution in [0.25, 0.3) is 0 Å². The lowest BCUT2D eigenvalue weighted by Crippen LogP contribution is -2.53. The fourth-order valence-corrected chi connectivity index (χ4v) is 3.05. The minimum atomic E-state index is -4.50. The fraction of sp³-hybridized carbons (Fsp3) is 0.350. The standard InChI is InChI=1S/C20H20F3NO2/c1-19(2,3)17-12-26-16-10-5-4-9-15(16)24(17)18(25)13-7-6-8-14(11-13)20(21,22)23/h4-11,17H,12H2,1-3H3. The Hall–Kier alpha value is -2.50. The van der Waals surface area contributed by atoms with Gasteiger partial charge in [-0.1, -0.05) is 39.0 Å². The molecule has 2 aromatic rings. The highest BCUT2D eigenvalue weighted by molar-refractivity contribution is 6.07. The van der Waals surface area contributed by atoms with Gasteiger partial charge in [0.25, 0.3) is 5.91 Å². The van der Waals surface area contributed by atoms with Gasteiger partial charge < -0.3 is 4.74 Å². The molecule has 6 heteroatoms. The lowest BCUT2D eigenvalue weighted by Gasteiger charge is -2.43.